The first kappa shape index (κ1) is 17.7. The fourth-order valence-corrected chi connectivity index (χ4v) is 3.01. The second-order valence-corrected chi connectivity index (χ2v) is 6.37. The molecule has 1 aliphatic rings. The molecule has 1 aromatic carbocycles. The number of alkyl halides is 3. The highest BCUT2D eigenvalue weighted by Gasteiger charge is 2.36. The summed E-state index contributed by atoms with van der Waals surface area (Å²) in [7, 11) is 3.65. The normalized spacial score (nSPS) is 22.5. The lowest BCUT2D eigenvalue weighted by atomic mass is 9.92. The van der Waals surface area contributed by atoms with Gasteiger partial charge in [-0.05, 0) is 45.1 Å². The molecule has 1 amide bonds. The number of nitrogens with zero attached hydrogens (tertiary/aromatic N) is 2. The fraction of sp³-hybridized carbons (Fsp3) is 0.562. The van der Waals surface area contributed by atoms with Crippen LogP contribution in [0.4, 0.5) is 13.2 Å². The minimum absolute atomic E-state index is 0.00562. The van der Waals surface area contributed by atoms with Gasteiger partial charge in [-0.25, -0.2) is 0 Å². The lowest BCUT2D eigenvalue weighted by molar-refractivity contribution is -0.137. The summed E-state index contributed by atoms with van der Waals surface area (Å²) in [5.41, 5.74) is -1.88. The van der Waals surface area contributed by atoms with Crippen LogP contribution in [0.1, 0.15) is 28.8 Å². The molecule has 0 saturated carbocycles. The maximum Gasteiger partial charge on any atom is 0.416 e. The molecule has 1 heterocycles. The van der Waals surface area contributed by atoms with Gasteiger partial charge in [0.15, 0.2) is 0 Å². The third-order valence-corrected chi connectivity index (χ3v) is 3.89. The largest absolute Gasteiger partial charge is 0.416 e. The van der Waals surface area contributed by atoms with Crippen LogP contribution in [0.3, 0.4) is 0 Å². The van der Waals surface area contributed by atoms with Crippen LogP contribution < -0.4 is 0 Å². The Hall–Kier alpha value is -1.60. The van der Waals surface area contributed by atoms with Crippen molar-refractivity contribution < 1.29 is 23.1 Å². The number of β-amino-alcohol motifs (C(OH)–C–C–N with tert-alkyl or cyclic N) is 1. The quantitative estimate of drug-likeness (QED) is 0.924. The third-order valence-electron chi connectivity index (χ3n) is 3.89. The van der Waals surface area contributed by atoms with Crippen LogP contribution in [-0.4, -0.2) is 60.1 Å². The van der Waals surface area contributed by atoms with Crippen molar-refractivity contribution in [2.45, 2.75) is 24.6 Å². The highest BCUT2D eigenvalue weighted by Crippen LogP contribution is 2.30. The number of benzene rings is 1. The lowest BCUT2D eigenvalue weighted by Crippen LogP contribution is -2.54. The van der Waals surface area contributed by atoms with Crippen LogP contribution in [0.5, 0.6) is 0 Å². The highest BCUT2D eigenvalue weighted by molar-refractivity contribution is 5.94. The zero-order chi connectivity index (χ0) is 17.3. The van der Waals surface area contributed by atoms with Gasteiger partial charge in [0, 0.05) is 18.7 Å². The van der Waals surface area contributed by atoms with Crippen molar-refractivity contribution in [1.82, 2.24) is 9.80 Å². The molecule has 1 N–H and O–H groups in total. The SMILES string of the molecule is CN(C)C[C@@]1(O)CCCN(C(=O)c2cccc(C(F)(F)F)c2)C1. The zero-order valence-corrected chi connectivity index (χ0v) is 13.2. The zero-order valence-electron chi connectivity index (χ0n) is 13.2. The Labute approximate surface area is 133 Å². The first-order valence-corrected chi connectivity index (χ1v) is 7.44. The van der Waals surface area contributed by atoms with E-state index in [-0.39, 0.29) is 12.1 Å². The summed E-state index contributed by atoms with van der Waals surface area (Å²) in [5.74, 6) is -0.479. The van der Waals surface area contributed by atoms with Gasteiger partial charge in [0.2, 0.25) is 0 Å². The molecule has 2 rings (SSSR count). The number of likely N-dealkylation sites (N-methyl/N-ethyl adjacent to an activating group) is 1. The molecular formula is C16H21F3N2O2. The van der Waals surface area contributed by atoms with E-state index in [4.69, 9.17) is 0 Å². The fourth-order valence-electron chi connectivity index (χ4n) is 3.01. The van der Waals surface area contributed by atoms with Crippen molar-refractivity contribution in [2.75, 3.05) is 33.7 Å². The van der Waals surface area contributed by atoms with Gasteiger partial charge in [-0.1, -0.05) is 6.07 Å². The van der Waals surface area contributed by atoms with Crippen LogP contribution in [0.2, 0.25) is 0 Å². The molecule has 23 heavy (non-hydrogen) atoms. The van der Waals surface area contributed by atoms with Crippen LogP contribution in [-0.2, 0) is 6.18 Å². The van der Waals surface area contributed by atoms with Gasteiger partial charge in [-0.15, -0.1) is 0 Å². The summed E-state index contributed by atoms with van der Waals surface area (Å²) in [4.78, 5) is 15.8. The molecule has 0 spiro atoms. The molecular weight excluding hydrogens is 309 g/mol. The minimum atomic E-state index is -4.48. The van der Waals surface area contributed by atoms with E-state index in [0.29, 0.717) is 25.9 Å². The van der Waals surface area contributed by atoms with Gasteiger partial charge in [0.05, 0.1) is 17.7 Å². The molecule has 0 aliphatic carbocycles. The van der Waals surface area contributed by atoms with Crippen LogP contribution in [0.15, 0.2) is 24.3 Å². The van der Waals surface area contributed by atoms with Gasteiger partial charge >= 0.3 is 6.18 Å². The topological polar surface area (TPSA) is 43.8 Å². The number of hydrogen-bond acceptors (Lipinski definition) is 3. The summed E-state index contributed by atoms with van der Waals surface area (Å²) in [6, 6.07) is 4.40. The Morgan fingerprint density at radius 1 is 1.39 bits per heavy atom. The van der Waals surface area contributed by atoms with Crippen molar-refractivity contribution in [3.8, 4) is 0 Å². The number of rotatable bonds is 3. The summed E-state index contributed by atoms with van der Waals surface area (Å²) >= 11 is 0. The number of halogens is 3. The summed E-state index contributed by atoms with van der Waals surface area (Å²) < 4.78 is 38.3. The van der Waals surface area contributed by atoms with Crippen molar-refractivity contribution in [3.63, 3.8) is 0 Å². The molecule has 1 atom stereocenters. The number of carbonyl (C=O) groups excluding carboxylic acids is 1. The molecule has 0 unspecified atom stereocenters. The van der Waals surface area contributed by atoms with E-state index in [1.54, 1.807) is 0 Å². The van der Waals surface area contributed by atoms with Crippen molar-refractivity contribution >= 4 is 5.91 Å². The Kier molecular flexibility index (Phi) is 5.01. The summed E-state index contributed by atoms with van der Waals surface area (Å²) in [6.07, 6.45) is -3.30. The average molecular weight is 330 g/mol. The second-order valence-electron chi connectivity index (χ2n) is 6.37. The molecule has 4 nitrogen and oxygen atoms in total. The molecule has 1 aromatic rings. The van der Waals surface area contributed by atoms with E-state index in [1.165, 1.54) is 17.0 Å². The number of piperidine rings is 1. The predicted molar refractivity (Wildman–Crippen MR) is 80.1 cm³/mol. The first-order chi connectivity index (χ1) is 10.6. The Bertz CT molecular complexity index is 575. The third kappa shape index (κ3) is 4.45. The molecule has 128 valence electrons. The molecule has 1 aliphatic heterocycles. The maximum absolute atomic E-state index is 12.8. The Balaban J connectivity index is 2.17. The summed E-state index contributed by atoms with van der Waals surface area (Å²) in [6.45, 7) is 0.963. The van der Waals surface area contributed by atoms with Crippen LogP contribution in [0, 0.1) is 0 Å². The Morgan fingerprint density at radius 2 is 2.09 bits per heavy atom. The van der Waals surface area contributed by atoms with Crippen molar-refractivity contribution in [2.24, 2.45) is 0 Å². The molecule has 1 saturated heterocycles. The highest BCUT2D eigenvalue weighted by atomic mass is 19.4. The Morgan fingerprint density at radius 3 is 2.70 bits per heavy atom. The predicted octanol–water partition coefficient (Wildman–Crippen LogP) is 2.23. The van der Waals surface area contributed by atoms with E-state index in [2.05, 4.69) is 0 Å². The number of aliphatic hydroxyl groups is 1. The first-order valence-electron chi connectivity index (χ1n) is 7.44. The van der Waals surface area contributed by atoms with Gasteiger partial charge < -0.3 is 14.9 Å². The van der Waals surface area contributed by atoms with Gasteiger partial charge in [-0.2, -0.15) is 13.2 Å². The van der Waals surface area contributed by atoms with E-state index in [9.17, 15) is 23.1 Å². The molecule has 0 aromatic heterocycles. The lowest BCUT2D eigenvalue weighted by Gasteiger charge is -2.40. The standard InChI is InChI=1S/C16H21F3N2O2/c1-20(2)10-15(23)7-4-8-21(11-15)14(22)12-5-3-6-13(9-12)16(17,18)19/h3,5-6,9,23H,4,7-8,10-11H2,1-2H3/t15-/m0/s1. The summed E-state index contributed by atoms with van der Waals surface area (Å²) in [5, 5.41) is 10.6. The molecule has 1 fully saturated rings. The smallest absolute Gasteiger partial charge is 0.387 e. The van der Waals surface area contributed by atoms with E-state index >= 15 is 0 Å². The number of carbonyl (C=O) groups is 1. The van der Waals surface area contributed by atoms with Gasteiger partial charge in [0.25, 0.3) is 5.91 Å². The van der Waals surface area contributed by atoms with Crippen LogP contribution >= 0.6 is 0 Å². The van der Waals surface area contributed by atoms with E-state index in [0.717, 1.165) is 12.1 Å². The monoisotopic (exact) mass is 330 g/mol. The average Bonchev–Trinajstić information content (AvgIpc) is 2.44. The number of hydrogen-bond donors (Lipinski definition) is 1. The van der Waals surface area contributed by atoms with Crippen molar-refractivity contribution in [1.29, 1.82) is 0 Å². The minimum Gasteiger partial charge on any atom is -0.387 e. The van der Waals surface area contributed by atoms with Gasteiger partial charge in [0.1, 0.15) is 0 Å². The van der Waals surface area contributed by atoms with Crippen molar-refractivity contribution in [3.05, 3.63) is 35.4 Å². The molecule has 7 heteroatoms. The maximum atomic E-state index is 12.8. The van der Waals surface area contributed by atoms with E-state index in [1.807, 2.05) is 19.0 Å². The van der Waals surface area contributed by atoms with Gasteiger partial charge in [-0.3, -0.25) is 4.79 Å². The molecule has 0 bridgehead atoms. The van der Waals surface area contributed by atoms with E-state index < -0.39 is 23.2 Å². The number of amides is 1. The van der Waals surface area contributed by atoms with Crippen LogP contribution in [0.25, 0.3) is 0 Å². The molecule has 0 radical (unpaired) electrons. The second kappa shape index (κ2) is 6.49. The number of likely N-dealkylation sites (tertiary alicyclic amines) is 1.